The van der Waals surface area contributed by atoms with E-state index in [1.54, 1.807) is 20.0 Å². The Balaban J connectivity index is 0.00000104. The Hall–Kier alpha value is -2.58. The first-order chi connectivity index (χ1) is 16.1. The van der Waals surface area contributed by atoms with Gasteiger partial charge < -0.3 is 15.0 Å². The molecule has 34 heavy (non-hydrogen) atoms. The van der Waals surface area contributed by atoms with E-state index >= 15 is 0 Å². The summed E-state index contributed by atoms with van der Waals surface area (Å²) in [6, 6.07) is 3.93. The first kappa shape index (κ1) is 29.5. The number of hydrogen-bond acceptors (Lipinski definition) is 5. The lowest BCUT2D eigenvalue weighted by Crippen LogP contribution is -2.10. The number of nitrogens with zero attached hydrogens (tertiary/aromatic N) is 3. The second-order valence-corrected chi connectivity index (χ2v) is 8.34. The van der Waals surface area contributed by atoms with Gasteiger partial charge in [-0.3, -0.25) is 4.99 Å². The zero-order chi connectivity index (χ0) is 25.6. The van der Waals surface area contributed by atoms with Crippen LogP contribution in [0.2, 0.25) is 0 Å². The maximum Gasteiger partial charge on any atom is 0.419 e. The summed E-state index contributed by atoms with van der Waals surface area (Å²) < 4.78 is 51.3. The van der Waals surface area contributed by atoms with E-state index in [1.165, 1.54) is 12.5 Å². The van der Waals surface area contributed by atoms with Crippen molar-refractivity contribution in [1.82, 2.24) is 10.1 Å². The van der Waals surface area contributed by atoms with Gasteiger partial charge in [-0.2, -0.15) is 18.2 Å². The molecule has 0 aliphatic carbocycles. The Kier molecular flexibility index (Phi) is 13.3. The van der Waals surface area contributed by atoms with Crippen LogP contribution in [0, 0.1) is 0 Å². The predicted molar refractivity (Wildman–Crippen MR) is 130 cm³/mol. The first-order valence-corrected chi connectivity index (χ1v) is 12.0. The molecule has 1 aromatic heterocycles. The molecule has 2 rings (SSSR count). The van der Waals surface area contributed by atoms with Crippen LogP contribution in [0.4, 0.5) is 13.2 Å². The zero-order valence-electron chi connectivity index (χ0n) is 21.0. The van der Waals surface area contributed by atoms with Crippen LogP contribution < -0.4 is 10.5 Å². The van der Waals surface area contributed by atoms with Gasteiger partial charge in [0.05, 0.1) is 18.0 Å². The van der Waals surface area contributed by atoms with Crippen LogP contribution in [-0.2, 0) is 6.18 Å². The van der Waals surface area contributed by atoms with E-state index in [-0.39, 0.29) is 29.7 Å². The number of benzene rings is 1. The van der Waals surface area contributed by atoms with E-state index in [2.05, 4.69) is 22.1 Å². The first-order valence-electron chi connectivity index (χ1n) is 12.0. The lowest BCUT2D eigenvalue weighted by Gasteiger charge is -2.14. The van der Waals surface area contributed by atoms with Crippen molar-refractivity contribution in [3.8, 4) is 17.1 Å². The fourth-order valence-electron chi connectivity index (χ4n) is 3.19. The molecule has 1 aromatic carbocycles. The molecule has 0 spiro atoms. The number of aromatic nitrogens is 2. The summed E-state index contributed by atoms with van der Waals surface area (Å²) in [5.74, 6) is 1.15. The Morgan fingerprint density at radius 1 is 1.12 bits per heavy atom. The molecule has 0 saturated carbocycles. The molecule has 0 radical (unpaired) electrons. The van der Waals surface area contributed by atoms with Crippen molar-refractivity contribution in [2.24, 2.45) is 10.7 Å². The third kappa shape index (κ3) is 10.6. The van der Waals surface area contributed by atoms with Gasteiger partial charge in [-0.15, -0.1) is 0 Å². The van der Waals surface area contributed by atoms with Gasteiger partial charge in [0.15, 0.2) is 0 Å². The molecule has 0 saturated heterocycles. The monoisotopic (exact) mass is 484 g/mol. The topological polar surface area (TPSA) is 86.5 Å². The number of aliphatic imine (C=N–C) groups is 1. The van der Waals surface area contributed by atoms with Gasteiger partial charge in [-0.05, 0) is 38.0 Å². The van der Waals surface area contributed by atoms with Crippen LogP contribution in [0.1, 0.15) is 96.4 Å². The van der Waals surface area contributed by atoms with Crippen molar-refractivity contribution in [3.05, 3.63) is 29.7 Å². The SMILES string of the molecule is CCCCCCCCOc1ccc(-c2noc([C@@H](C)CCC)n2)cc1C(F)(F)F.CN=C(C)N. The third-order valence-electron chi connectivity index (χ3n) is 5.24. The highest BCUT2D eigenvalue weighted by atomic mass is 19.4. The van der Waals surface area contributed by atoms with Crippen molar-refractivity contribution >= 4 is 5.84 Å². The second-order valence-electron chi connectivity index (χ2n) is 8.34. The number of alkyl halides is 3. The number of unbranched alkanes of at least 4 members (excludes halogenated alkanes) is 5. The van der Waals surface area contributed by atoms with Crippen LogP contribution in [0.5, 0.6) is 5.75 Å². The van der Waals surface area contributed by atoms with Gasteiger partial charge in [-0.1, -0.05) is 64.5 Å². The summed E-state index contributed by atoms with van der Waals surface area (Å²) in [5.41, 5.74) is 4.50. The number of amidine groups is 1. The number of nitrogens with two attached hydrogens (primary N) is 1. The highest BCUT2D eigenvalue weighted by molar-refractivity contribution is 5.77. The van der Waals surface area contributed by atoms with E-state index in [0.29, 0.717) is 11.7 Å². The van der Waals surface area contributed by atoms with Crippen molar-refractivity contribution in [1.29, 1.82) is 0 Å². The molecule has 1 atom stereocenters. The molecule has 192 valence electrons. The average Bonchev–Trinajstić information content (AvgIpc) is 3.29. The van der Waals surface area contributed by atoms with Crippen molar-refractivity contribution in [2.75, 3.05) is 13.7 Å². The van der Waals surface area contributed by atoms with E-state index in [9.17, 15) is 13.2 Å². The maximum absolute atomic E-state index is 13.5. The standard InChI is InChI=1S/C22H31F3N2O2.C3H8N2/c1-4-6-7-8-9-10-14-28-19-13-12-17(15-18(19)22(23,24)25)20-26-21(29-27-20)16(3)11-5-2;1-3(4)5-2/h12-13,15-16H,4-11,14H2,1-3H3;1-2H3,(H2,4,5)/t16-;/m0./s1. The Morgan fingerprint density at radius 3 is 2.35 bits per heavy atom. The lowest BCUT2D eigenvalue weighted by atomic mass is 10.1. The van der Waals surface area contributed by atoms with Gasteiger partial charge in [0.1, 0.15) is 5.75 Å². The number of hydrogen-bond donors (Lipinski definition) is 1. The minimum Gasteiger partial charge on any atom is -0.493 e. The number of ether oxygens (including phenoxy) is 1. The van der Waals surface area contributed by atoms with Crippen LogP contribution in [-0.4, -0.2) is 29.6 Å². The minimum absolute atomic E-state index is 0.0725. The largest absolute Gasteiger partial charge is 0.493 e. The fourth-order valence-corrected chi connectivity index (χ4v) is 3.19. The summed E-state index contributed by atoms with van der Waals surface area (Å²) in [6.45, 7) is 8.18. The number of rotatable bonds is 12. The van der Waals surface area contributed by atoms with Crippen LogP contribution in [0.15, 0.2) is 27.7 Å². The molecule has 0 fully saturated rings. The Morgan fingerprint density at radius 2 is 1.76 bits per heavy atom. The number of halogens is 3. The van der Waals surface area contributed by atoms with Crippen molar-refractivity contribution in [3.63, 3.8) is 0 Å². The molecule has 2 aromatic rings. The van der Waals surface area contributed by atoms with Crippen LogP contribution >= 0.6 is 0 Å². The van der Waals surface area contributed by atoms with Crippen LogP contribution in [0.3, 0.4) is 0 Å². The van der Waals surface area contributed by atoms with Gasteiger partial charge in [0, 0.05) is 18.5 Å². The summed E-state index contributed by atoms with van der Waals surface area (Å²) in [6.07, 6.45) is 3.61. The average molecular weight is 485 g/mol. The van der Waals surface area contributed by atoms with Crippen molar-refractivity contribution < 1.29 is 22.4 Å². The molecule has 6 nitrogen and oxygen atoms in total. The van der Waals surface area contributed by atoms with Crippen LogP contribution in [0.25, 0.3) is 11.4 Å². The summed E-state index contributed by atoms with van der Waals surface area (Å²) in [5, 5.41) is 3.86. The lowest BCUT2D eigenvalue weighted by molar-refractivity contribution is -0.138. The van der Waals surface area contributed by atoms with E-state index in [1.807, 2.05) is 13.8 Å². The van der Waals surface area contributed by atoms with Crippen molar-refractivity contribution in [2.45, 2.75) is 91.2 Å². The summed E-state index contributed by atoms with van der Waals surface area (Å²) >= 11 is 0. The maximum atomic E-state index is 13.5. The summed E-state index contributed by atoms with van der Waals surface area (Å²) in [7, 11) is 1.66. The molecule has 0 aliphatic rings. The molecular formula is C25H39F3N4O2. The van der Waals surface area contributed by atoms with E-state index in [4.69, 9.17) is 15.0 Å². The Bertz CT molecular complexity index is 862. The fraction of sp³-hybridized carbons (Fsp3) is 0.640. The van der Waals surface area contributed by atoms with E-state index < -0.39 is 11.7 Å². The summed E-state index contributed by atoms with van der Waals surface area (Å²) in [4.78, 5) is 7.86. The molecular weight excluding hydrogens is 445 g/mol. The molecule has 0 amide bonds. The molecule has 9 heteroatoms. The van der Waals surface area contributed by atoms with Gasteiger partial charge in [0.25, 0.3) is 0 Å². The quantitative estimate of drug-likeness (QED) is 0.193. The minimum atomic E-state index is -4.52. The molecule has 1 heterocycles. The smallest absolute Gasteiger partial charge is 0.419 e. The molecule has 2 N–H and O–H groups in total. The third-order valence-corrected chi connectivity index (χ3v) is 5.24. The Labute approximate surface area is 201 Å². The normalized spacial score (nSPS) is 12.8. The van der Waals surface area contributed by atoms with Gasteiger partial charge in [0.2, 0.25) is 11.7 Å². The van der Waals surface area contributed by atoms with Gasteiger partial charge >= 0.3 is 6.18 Å². The molecule has 0 unspecified atom stereocenters. The molecule has 0 bridgehead atoms. The zero-order valence-corrected chi connectivity index (χ0v) is 21.0. The highest BCUT2D eigenvalue weighted by Crippen LogP contribution is 2.38. The second kappa shape index (κ2) is 15.3. The predicted octanol–water partition coefficient (Wildman–Crippen LogP) is 7.39. The van der Waals surface area contributed by atoms with Gasteiger partial charge in [-0.25, -0.2) is 0 Å². The molecule has 0 aliphatic heterocycles. The van der Waals surface area contributed by atoms with E-state index in [0.717, 1.165) is 51.0 Å². The highest BCUT2D eigenvalue weighted by Gasteiger charge is 2.35.